The van der Waals surface area contributed by atoms with Gasteiger partial charge in [0, 0.05) is 19.3 Å². The molecule has 0 unspecified atom stereocenters. The second-order valence-electron chi connectivity index (χ2n) is 5.83. The summed E-state index contributed by atoms with van der Waals surface area (Å²) in [6.45, 7) is 3.62. The van der Waals surface area contributed by atoms with Crippen LogP contribution in [-0.4, -0.2) is 44.6 Å². The zero-order chi connectivity index (χ0) is 17.0. The van der Waals surface area contributed by atoms with E-state index in [2.05, 4.69) is 15.7 Å². The van der Waals surface area contributed by atoms with Gasteiger partial charge in [-0.1, -0.05) is 26.7 Å². The molecule has 0 spiro atoms. The first kappa shape index (κ1) is 17.0. The highest BCUT2D eigenvalue weighted by molar-refractivity contribution is 6.10. The van der Waals surface area contributed by atoms with E-state index in [1.54, 1.807) is 24.0 Å². The molecule has 1 aromatic heterocycles. The normalized spacial score (nSPS) is 16.6. The molecule has 1 saturated heterocycles. The lowest BCUT2D eigenvalue weighted by Crippen LogP contribution is -2.47. The van der Waals surface area contributed by atoms with Gasteiger partial charge in [-0.3, -0.25) is 19.2 Å². The Balaban J connectivity index is 2.06. The maximum absolute atomic E-state index is 12.7. The van der Waals surface area contributed by atoms with E-state index in [1.165, 1.54) is 0 Å². The Kier molecular flexibility index (Phi) is 5.02. The van der Waals surface area contributed by atoms with Crippen LogP contribution < -0.4 is 10.6 Å². The molecule has 1 fully saturated rings. The summed E-state index contributed by atoms with van der Waals surface area (Å²) in [6.07, 6.45) is 4.39. The molecule has 23 heavy (non-hydrogen) atoms. The van der Waals surface area contributed by atoms with Crippen molar-refractivity contribution in [1.82, 2.24) is 20.0 Å². The summed E-state index contributed by atoms with van der Waals surface area (Å²) in [5.74, 6) is -0.378. The summed E-state index contributed by atoms with van der Waals surface area (Å²) in [4.78, 5) is 37.8. The van der Waals surface area contributed by atoms with Gasteiger partial charge in [0.1, 0.15) is 12.1 Å². The second-order valence-corrected chi connectivity index (χ2v) is 5.83. The molecule has 2 rings (SSSR count). The number of aryl methyl sites for hydroxylation is 1. The molecule has 0 aliphatic carbocycles. The number of amides is 4. The molecule has 0 atom stereocenters. The van der Waals surface area contributed by atoms with Crippen LogP contribution in [0.3, 0.4) is 0 Å². The standard InChI is InChI=1S/C15H23N5O3/c1-4-7-15(8-5-2)13(22)20(14(23)17-15)10-12(21)16-11-6-9-19(3)18-11/h6,9H,4-5,7-8,10H2,1-3H3,(H,17,23)(H,16,18,21). The lowest BCUT2D eigenvalue weighted by atomic mass is 9.88. The predicted octanol–water partition coefficient (Wildman–Crippen LogP) is 1.25. The van der Waals surface area contributed by atoms with Crippen molar-refractivity contribution in [1.29, 1.82) is 0 Å². The minimum absolute atomic E-state index is 0.309. The van der Waals surface area contributed by atoms with Gasteiger partial charge in [-0.25, -0.2) is 4.79 Å². The monoisotopic (exact) mass is 321 g/mol. The highest BCUT2D eigenvalue weighted by Gasteiger charge is 2.50. The van der Waals surface area contributed by atoms with Gasteiger partial charge in [0.05, 0.1) is 0 Å². The number of carbonyl (C=O) groups excluding carboxylic acids is 3. The van der Waals surface area contributed by atoms with Gasteiger partial charge in [-0.2, -0.15) is 5.10 Å². The third-order valence-corrected chi connectivity index (χ3v) is 3.88. The summed E-state index contributed by atoms with van der Waals surface area (Å²) in [5, 5.41) is 9.39. The third kappa shape index (κ3) is 3.52. The molecule has 0 radical (unpaired) electrons. The van der Waals surface area contributed by atoms with Crippen LogP contribution in [0.5, 0.6) is 0 Å². The largest absolute Gasteiger partial charge is 0.325 e. The van der Waals surface area contributed by atoms with Crippen LogP contribution >= 0.6 is 0 Å². The van der Waals surface area contributed by atoms with Gasteiger partial charge in [0.25, 0.3) is 5.91 Å². The van der Waals surface area contributed by atoms with Crippen LogP contribution in [0.2, 0.25) is 0 Å². The molecule has 0 saturated carbocycles. The van der Waals surface area contributed by atoms with Crippen molar-refractivity contribution in [3.63, 3.8) is 0 Å². The number of aromatic nitrogens is 2. The van der Waals surface area contributed by atoms with Crippen LogP contribution in [-0.2, 0) is 16.6 Å². The topological polar surface area (TPSA) is 96.3 Å². The van der Waals surface area contributed by atoms with E-state index in [9.17, 15) is 14.4 Å². The number of imide groups is 1. The van der Waals surface area contributed by atoms with Crippen molar-refractivity contribution in [3.05, 3.63) is 12.3 Å². The zero-order valence-electron chi connectivity index (χ0n) is 13.8. The van der Waals surface area contributed by atoms with Gasteiger partial charge in [0.15, 0.2) is 5.82 Å². The predicted molar refractivity (Wildman–Crippen MR) is 84.6 cm³/mol. The molecule has 4 amide bonds. The summed E-state index contributed by atoms with van der Waals surface area (Å²) in [7, 11) is 1.73. The Bertz CT molecular complexity index is 604. The molecule has 1 aromatic rings. The molecule has 126 valence electrons. The van der Waals surface area contributed by atoms with E-state index in [-0.39, 0.29) is 12.5 Å². The van der Waals surface area contributed by atoms with Crippen molar-refractivity contribution in [2.24, 2.45) is 7.05 Å². The van der Waals surface area contributed by atoms with E-state index < -0.39 is 17.5 Å². The molecule has 0 aromatic carbocycles. The molecule has 1 aliphatic rings. The van der Waals surface area contributed by atoms with Crippen molar-refractivity contribution < 1.29 is 14.4 Å². The Morgan fingerprint density at radius 3 is 2.48 bits per heavy atom. The number of nitrogens with zero attached hydrogens (tertiary/aromatic N) is 3. The lowest BCUT2D eigenvalue weighted by molar-refractivity contribution is -0.134. The molecule has 1 aliphatic heterocycles. The average Bonchev–Trinajstić information content (AvgIpc) is 2.97. The van der Waals surface area contributed by atoms with E-state index in [0.29, 0.717) is 18.7 Å². The SMILES string of the molecule is CCCC1(CCC)NC(=O)N(CC(=O)Nc2ccn(C)n2)C1=O. The van der Waals surface area contributed by atoms with Crippen LogP contribution in [0.15, 0.2) is 12.3 Å². The number of urea groups is 1. The maximum atomic E-state index is 12.7. The van der Waals surface area contributed by atoms with E-state index in [1.807, 2.05) is 13.8 Å². The lowest BCUT2D eigenvalue weighted by Gasteiger charge is -2.25. The summed E-state index contributed by atoms with van der Waals surface area (Å²) >= 11 is 0. The number of hydrogen-bond donors (Lipinski definition) is 2. The van der Waals surface area contributed by atoms with Crippen molar-refractivity contribution in [3.8, 4) is 0 Å². The minimum Gasteiger partial charge on any atom is -0.323 e. The van der Waals surface area contributed by atoms with Gasteiger partial charge in [-0.05, 0) is 12.8 Å². The fourth-order valence-corrected chi connectivity index (χ4v) is 2.94. The van der Waals surface area contributed by atoms with E-state index in [0.717, 1.165) is 17.7 Å². The fourth-order valence-electron chi connectivity index (χ4n) is 2.94. The van der Waals surface area contributed by atoms with Crippen LogP contribution in [0.4, 0.5) is 10.6 Å². The first-order chi connectivity index (χ1) is 10.9. The van der Waals surface area contributed by atoms with Crippen molar-refractivity contribution in [2.45, 2.75) is 45.1 Å². The number of anilines is 1. The Morgan fingerprint density at radius 2 is 1.96 bits per heavy atom. The Hall–Kier alpha value is -2.38. The fraction of sp³-hybridized carbons (Fsp3) is 0.600. The maximum Gasteiger partial charge on any atom is 0.325 e. The summed E-state index contributed by atoms with van der Waals surface area (Å²) in [5.41, 5.74) is -0.869. The Morgan fingerprint density at radius 1 is 1.30 bits per heavy atom. The highest BCUT2D eigenvalue weighted by Crippen LogP contribution is 2.27. The molecule has 8 heteroatoms. The summed E-state index contributed by atoms with van der Waals surface area (Å²) < 4.78 is 1.55. The third-order valence-electron chi connectivity index (χ3n) is 3.88. The minimum atomic E-state index is -0.869. The van der Waals surface area contributed by atoms with Crippen LogP contribution in [0, 0.1) is 0 Å². The average molecular weight is 321 g/mol. The quantitative estimate of drug-likeness (QED) is 0.739. The zero-order valence-corrected chi connectivity index (χ0v) is 13.8. The molecule has 8 nitrogen and oxygen atoms in total. The van der Waals surface area contributed by atoms with Gasteiger partial charge in [-0.15, -0.1) is 0 Å². The first-order valence-corrected chi connectivity index (χ1v) is 7.85. The first-order valence-electron chi connectivity index (χ1n) is 7.85. The van der Waals surface area contributed by atoms with Crippen molar-refractivity contribution in [2.75, 3.05) is 11.9 Å². The summed E-state index contributed by atoms with van der Waals surface area (Å²) in [6, 6.07) is 1.13. The van der Waals surface area contributed by atoms with Gasteiger partial charge in [0.2, 0.25) is 5.91 Å². The Labute approximate surface area is 135 Å². The van der Waals surface area contributed by atoms with E-state index in [4.69, 9.17) is 0 Å². The van der Waals surface area contributed by atoms with Crippen LogP contribution in [0.1, 0.15) is 39.5 Å². The second kappa shape index (κ2) is 6.80. The van der Waals surface area contributed by atoms with E-state index >= 15 is 0 Å². The van der Waals surface area contributed by atoms with Crippen molar-refractivity contribution >= 4 is 23.7 Å². The van der Waals surface area contributed by atoms with Gasteiger partial charge >= 0.3 is 6.03 Å². The van der Waals surface area contributed by atoms with Gasteiger partial charge < -0.3 is 10.6 Å². The number of hydrogen-bond acceptors (Lipinski definition) is 4. The number of rotatable bonds is 7. The molecular weight excluding hydrogens is 298 g/mol. The molecule has 2 heterocycles. The number of nitrogens with one attached hydrogen (secondary N) is 2. The van der Waals surface area contributed by atoms with Crippen LogP contribution in [0.25, 0.3) is 0 Å². The molecule has 2 N–H and O–H groups in total. The molecular formula is C15H23N5O3. The highest BCUT2D eigenvalue weighted by atomic mass is 16.2. The smallest absolute Gasteiger partial charge is 0.323 e. The molecule has 0 bridgehead atoms. The number of carbonyl (C=O) groups is 3.